The Bertz CT molecular complexity index is 642. The van der Waals surface area contributed by atoms with Gasteiger partial charge in [0.2, 0.25) is 0 Å². The topological polar surface area (TPSA) is 9.23 Å². The molecule has 2 aromatic carbocycles. The average Bonchev–Trinajstić information content (AvgIpc) is 2.93. The lowest BCUT2D eigenvalue weighted by molar-refractivity contribution is 0.354. The van der Waals surface area contributed by atoms with E-state index in [4.69, 9.17) is 4.74 Å². The highest BCUT2D eigenvalue weighted by atomic mass is 79.9. The van der Waals surface area contributed by atoms with Crippen LogP contribution < -0.4 is 4.74 Å². The van der Waals surface area contributed by atoms with Gasteiger partial charge in [-0.15, -0.1) is 11.8 Å². The highest BCUT2D eigenvalue weighted by Gasteiger charge is 2.24. The lowest BCUT2D eigenvalue weighted by atomic mass is 10.0. The van der Waals surface area contributed by atoms with E-state index in [9.17, 15) is 0 Å². The number of hydrogen-bond donors (Lipinski definition) is 0. The summed E-state index contributed by atoms with van der Waals surface area (Å²) in [7, 11) is 0. The maximum Gasteiger partial charge on any atom is 0.127 e. The quantitative estimate of drug-likeness (QED) is 0.479. The molecule has 0 aliphatic carbocycles. The Kier molecular flexibility index (Phi) is 4.43. The first-order valence-corrected chi connectivity index (χ1v) is 9.36. The second-order valence-electron chi connectivity index (χ2n) is 4.69. The summed E-state index contributed by atoms with van der Waals surface area (Å²) in [6, 6.07) is 12.8. The van der Waals surface area contributed by atoms with Crippen molar-refractivity contribution in [3.05, 3.63) is 57.6 Å². The normalized spacial score (nSPS) is 14.8. The summed E-state index contributed by atoms with van der Waals surface area (Å²) in [6.07, 6.45) is 3.10. The molecule has 0 N–H and O–H groups in total. The van der Waals surface area contributed by atoms with E-state index in [0.29, 0.717) is 0 Å². The second-order valence-corrected chi connectivity index (χ2v) is 7.37. The Morgan fingerprint density at radius 2 is 2.00 bits per heavy atom. The fraction of sp³-hybridized carbons (Fsp3) is 0.250. The van der Waals surface area contributed by atoms with Crippen LogP contribution in [0.2, 0.25) is 0 Å². The van der Waals surface area contributed by atoms with Crippen LogP contribution in [0.4, 0.5) is 0 Å². The predicted molar refractivity (Wildman–Crippen MR) is 92.3 cm³/mol. The fourth-order valence-electron chi connectivity index (χ4n) is 2.53. The molecule has 0 fully saturated rings. The van der Waals surface area contributed by atoms with Crippen molar-refractivity contribution in [2.24, 2.45) is 0 Å². The van der Waals surface area contributed by atoms with E-state index in [1.807, 2.05) is 0 Å². The molecule has 1 aliphatic rings. The standard InChI is InChI=1S/C16H14Br2OS/c1-20-14-5-3-2-4-12(14)15(18)13-9-11(17)8-10-6-7-19-16(10)13/h2-5,8-9,15H,6-7H2,1H3. The molecular formula is C16H14Br2OS. The Balaban J connectivity index is 2.09. The third-order valence-corrected chi connectivity index (χ3v) is 5.72. The summed E-state index contributed by atoms with van der Waals surface area (Å²) in [5, 5.41) is 0. The molecule has 0 bridgehead atoms. The Hall–Kier alpha value is -0.450. The minimum Gasteiger partial charge on any atom is -0.493 e. The minimum absolute atomic E-state index is 0.149. The van der Waals surface area contributed by atoms with Crippen LogP contribution in [-0.4, -0.2) is 12.9 Å². The Labute approximate surface area is 140 Å². The van der Waals surface area contributed by atoms with Crippen LogP contribution in [0.3, 0.4) is 0 Å². The lowest BCUT2D eigenvalue weighted by Gasteiger charge is -2.17. The monoisotopic (exact) mass is 412 g/mol. The van der Waals surface area contributed by atoms with Crippen molar-refractivity contribution in [1.82, 2.24) is 0 Å². The van der Waals surface area contributed by atoms with Gasteiger partial charge in [0.25, 0.3) is 0 Å². The van der Waals surface area contributed by atoms with Crippen LogP contribution >= 0.6 is 43.6 Å². The molecule has 20 heavy (non-hydrogen) atoms. The molecular weight excluding hydrogens is 400 g/mol. The highest BCUT2D eigenvalue weighted by Crippen LogP contribution is 2.44. The van der Waals surface area contributed by atoms with Crippen molar-refractivity contribution in [3.63, 3.8) is 0 Å². The number of hydrogen-bond acceptors (Lipinski definition) is 2. The molecule has 2 aromatic rings. The summed E-state index contributed by atoms with van der Waals surface area (Å²) in [5.74, 6) is 1.05. The Morgan fingerprint density at radius 3 is 2.80 bits per heavy atom. The average molecular weight is 414 g/mol. The number of rotatable bonds is 3. The second kappa shape index (κ2) is 6.12. The van der Waals surface area contributed by atoms with E-state index in [1.54, 1.807) is 11.8 Å². The number of halogens is 2. The predicted octanol–water partition coefficient (Wildman–Crippen LogP) is 5.59. The van der Waals surface area contributed by atoms with E-state index >= 15 is 0 Å². The number of thioether (sulfide) groups is 1. The molecule has 0 radical (unpaired) electrons. The van der Waals surface area contributed by atoms with Crippen molar-refractivity contribution in [1.29, 1.82) is 0 Å². The maximum atomic E-state index is 5.84. The van der Waals surface area contributed by atoms with Gasteiger partial charge >= 0.3 is 0 Å². The largest absolute Gasteiger partial charge is 0.493 e. The summed E-state index contributed by atoms with van der Waals surface area (Å²) < 4.78 is 6.96. The van der Waals surface area contributed by atoms with Gasteiger partial charge in [0.05, 0.1) is 11.4 Å². The fourth-order valence-corrected chi connectivity index (χ4v) is 4.58. The number of benzene rings is 2. The van der Waals surface area contributed by atoms with Gasteiger partial charge in [-0.25, -0.2) is 0 Å². The first-order chi connectivity index (χ1) is 9.70. The smallest absolute Gasteiger partial charge is 0.127 e. The van der Waals surface area contributed by atoms with Gasteiger partial charge in [-0.3, -0.25) is 0 Å². The van der Waals surface area contributed by atoms with E-state index in [2.05, 4.69) is 74.5 Å². The molecule has 0 saturated carbocycles. The van der Waals surface area contributed by atoms with E-state index < -0.39 is 0 Å². The summed E-state index contributed by atoms with van der Waals surface area (Å²) in [6.45, 7) is 0.780. The molecule has 104 valence electrons. The van der Waals surface area contributed by atoms with Gasteiger partial charge in [-0.05, 0) is 35.6 Å². The SMILES string of the molecule is CSc1ccccc1C(Br)c1cc(Br)cc2c1OCC2. The van der Waals surface area contributed by atoms with Gasteiger partial charge in [0.15, 0.2) is 0 Å². The number of ether oxygens (including phenoxy) is 1. The van der Waals surface area contributed by atoms with Crippen LogP contribution in [-0.2, 0) is 6.42 Å². The van der Waals surface area contributed by atoms with Gasteiger partial charge in [0.1, 0.15) is 5.75 Å². The summed E-state index contributed by atoms with van der Waals surface area (Å²) in [5.41, 5.74) is 3.78. The summed E-state index contributed by atoms with van der Waals surface area (Å²) >= 11 is 9.24. The van der Waals surface area contributed by atoms with Crippen LogP contribution in [0.15, 0.2) is 45.8 Å². The van der Waals surface area contributed by atoms with Crippen molar-refractivity contribution in [2.45, 2.75) is 16.1 Å². The lowest BCUT2D eigenvalue weighted by Crippen LogP contribution is -1.98. The van der Waals surface area contributed by atoms with Crippen LogP contribution in [0.1, 0.15) is 21.5 Å². The number of fused-ring (bicyclic) bond motifs is 1. The van der Waals surface area contributed by atoms with E-state index in [1.165, 1.54) is 21.6 Å². The van der Waals surface area contributed by atoms with E-state index in [-0.39, 0.29) is 4.83 Å². The van der Waals surface area contributed by atoms with Crippen LogP contribution in [0.5, 0.6) is 5.75 Å². The molecule has 1 nitrogen and oxygen atoms in total. The first-order valence-electron chi connectivity index (χ1n) is 6.43. The third-order valence-electron chi connectivity index (χ3n) is 3.46. The van der Waals surface area contributed by atoms with Gasteiger partial charge in [-0.1, -0.05) is 50.1 Å². The molecule has 1 heterocycles. The zero-order valence-electron chi connectivity index (χ0n) is 11.0. The first kappa shape index (κ1) is 14.5. The molecule has 1 atom stereocenters. The van der Waals surface area contributed by atoms with Crippen LogP contribution in [0.25, 0.3) is 0 Å². The van der Waals surface area contributed by atoms with Crippen molar-refractivity contribution in [3.8, 4) is 5.75 Å². The molecule has 1 unspecified atom stereocenters. The van der Waals surface area contributed by atoms with E-state index in [0.717, 1.165) is 23.2 Å². The molecule has 0 amide bonds. The van der Waals surface area contributed by atoms with Crippen molar-refractivity contribution >= 4 is 43.6 Å². The molecule has 0 saturated heterocycles. The minimum atomic E-state index is 0.149. The Morgan fingerprint density at radius 1 is 1.20 bits per heavy atom. The van der Waals surface area contributed by atoms with Crippen molar-refractivity contribution in [2.75, 3.05) is 12.9 Å². The number of alkyl halides is 1. The maximum absolute atomic E-state index is 5.84. The van der Waals surface area contributed by atoms with Crippen LogP contribution in [0, 0.1) is 0 Å². The highest BCUT2D eigenvalue weighted by molar-refractivity contribution is 9.10. The molecule has 0 spiro atoms. The van der Waals surface area contributed by atoms with Crippen molar-refractivity contribution < 1.29 is 4.74 Å². The zero-order valence-corrected chi connectivity index (χ0v) is 15.0. The summed E-state index contributed by atoms with van der Waals surface area (Å²) in [4.78, 5) is 1.44. The van der Waals surface area contributed by atoms with Gasteiger partial charge in [0, 0.05) is 21.4 Å². The molecule has 0 aromatic heterocycles. The van der Waals surface area contributed by atoms with Gasteiger partial charge in [-0.2, -0.15) is 0 Å². The molecule has 1 aliphatic heterocycles. The molecule has 4 heteroatoms. The van der Waals surface area contributed by atoms with Gasteiger partial charge < -0.3 is 4.74 Å². The third kappa shape index (κ3) is 2.66. The zero-order chi connectivity index (χ0) is 14.1. The molecule has 3 rings (SSSR count).